The first kappa shape index (κ1) is 24.1. The van der Waals surface area contributed by atoms with E-state index in [4.69, 9.17) is 0 Å². The van der Waals surface area contributed by atoms with Crippen LogP contribution in [0.4, 0.5) is 17.1 Å². The number of fused-ring (bicyclic) bond motifs is 9. The predicted octanol–water partition coefficient (Wildman–Crippen LogP) is 6.88. The first-order valence-electron chi connectivity index (χ1n) is 16.2. The molecule has 0 saturated heterocycles. The molecule has 0 amide bonds. The second kappa shape index (κ2) is 8.67. The third kappa shape index (κ3) is 3.06. The van der Waals surface area contributed by atoms with Gasteiger partial charge in [0, 0.05) is 17.1 Å². The summed E-state index contributed by atoms with van der Waals surface area (Å²) >= 11 is 0. The summed E-state index contributed by atoms with van der Waals surface area (Å²) in [4.78, 5) is 2.66. The zero-order valence-corrected chi connectivity index (χ0v) is 24.8. The zero-order chi connectivity index (χ0) is 29.2. The van der Waals surface area contributed by atoms with Gasteiger partial charge in [0.15, 0.2) is 0 Å². The van der Waals surface area contributed by atoms with Gasteiger partial charge in [-0.15, -0.1) is 0 Å². The number of hydrogen-bond donors (Lipinski definition) is 0. The van der Waals surface area contributed by atoms with Crippen molar-refractivity contribution < 1.29 is 0 Å². The van der Waals surface area contributed by atoms with Gasteiger partial charge in [-0.2, -0.15) is 0 Å². The van der Waals surface area contributed by atoms with Crippen molar-refractivity contribution in [1.29, 1.82) is 0 Å². The van der Waals surface area contributed by atoms with Crippen molar-refractivity contribution in [3.63, 3.8) is 0 Å². The topological polar surface area (TPSA) is 3.24 Å². The van der Waals surface area contributed by atoms with Crippen molar-refractivity contribution in [1.82, 2.24) is 0 Å². The van der Waals surface area contributed by atoms with Crippen molar-refractivity contribution in [2.75, 3.05) is 4.90 Å². The molecule has 0 atom stereocenters. The number of benzene rings is 6. The van der Waals surface area contributed by atoms with Gasteiger partial charge in [0.2, 0.25) is 13.4 Å². The molecule has 0 spiro atoms. The van der Waals surface area contributed by atoms with Crippen LogP contribution < -0.4 is 32.2 Å². The molecule has 4 aliphatic heterocycles. The molecule has 0 N–H and O–H groups in total. The molecule has 11 rings (SSSR count). The van der Waals surface area contributed by atoms with E-state index in [-0.39, 0.29) is 13.4 Å². The molecule has 206 valence electrons. The number of anilines is 3. The van der Waals surface area contributed by atoms with Gasteiger partial charge in [-0.05, 0) is 97.4 Å². The maximum atomic E-state index is 2.66. The molecule has 45 heavy (non-hydrogen) atoms. The van der Waals surface area contributed by atoms with Gasteiger partial charge < -0.3 is 4.90 Å². The molecule has 0 aromatic heterocycles. The molecule has 1 aliphatic carbocycles. The fraction of sp³-hybridized carbons (Fsp3) is 0.0476. The SMILES string of the molecule is C1=CC2=C(CC1)c1cccc3c1B2c1cc(-c2ccccc2)cc2c1N3c1cc(-c3ccccc3)cc3c1B2c1ccccc1-3. The average molecular weight is 567 g/mol. The van der Waals surface area contributed by atoms with E-state index in [1.165, 1.54) is 88.8 Å². The molecule has 5 aliphatic rings. The molecular formula is C42H27B2N. The highest BCUT2D eigenvalue weighted by molar-refractivity contribution is 7.04. The monoisotopic (exact) mass is 567 g/mol. The zero-order valence-electron chi connectivity index (χ0n) is 24.8. The van der Waals surface area contributed by atoms with Crippen LogP contribution in [0.3, 0.4) is 0 Å². The van der Waals surface area contributed by atoms with E-state index in [1.807, 2.05) is 0 Å². The van der Waals surface area contributed by atoms with Crippen LogP contribution in [0.2, 0.25) is 0 Å². The van der Waals surface area contributed by atoms with Crippen molar-refractivity contribution in [2.45, 2.75) is 12.8 Å². The summed E-state index contributed by atoms with van der Waals surface area (Å²) in [6.07, 6.45) is 7.07. The van der Waals surface area contributed by atoms with Crippen LogP contribution in [-0.2, 0) is 0 Å². The molecule has 0 radical (unpaired) electrons. The van der Waals surface area contributed by atoms with E-state index in [0.717, 1.165) is 12.8 Å². The number of nitrogens with zero attached hydrogens (tertiary/aromatic N) is 1. The maximum Gasteiger partial charge on any atom is 0.248 e. The Hall–Kier alpha value is -5.27. The summed E-state index contributed by atoms with van der Waals surface area (Å²) in [5.74, 6) is 0. The Bertz CT molecular complexity index is 2330. The van der Waals surface area contributed by atoms with Crippen molar-refractivity contribution >= 4 is 63.4 Å². The van der Waals surface area contributed by atoms with Crippen molar-refractivity contribution in [3.05, 3.63) is 151 Å². The van der Waals surface area contributed by atoms with Gasteiger partial charge in [0.05, 0.1) is 0 Å². The molecule has 0 saturated carbocycles. The Labute approximate surface area is 264 Å². The van der Waals surface area contributed by atoms with Crippen LogP contribution in [0.1, 0.15) is 18.4 Å². The molecule has 3 heteroatoms. The Morgan fingerprint density at radius 2 is 1.16 bits per heavy atom. The van der Waals surface area contributed by atoms with E-state index in [0.29, 0.717) is 0 Å². The lowest BCUT2D eigenvalue weighted by atomic mass is 9.31. The first-order valence-corrected chi connectivity index (χ1v) is 16.2. The van der Waals surface area contributed by atoms with E-state index in [2.05, 4.69) is 144 Å². The molecule has 6 aromatic rings. The summed E-state index contributed by atoms with van der Waals surface area (Å²) in [5.41, 5.74) is 23.7. The van der Waals surface area contributed by atoms with Crippen molar-refractivity contribution in [3.8, 4) is 33.4 Å². The normalized spacial score (nSPS) is 15.5. The minimum Gasteiger partial charge on any atom is -0.312 e. The molecule has 4 heterocycles. The Balaban J connectivity index is 1.30. The summed E-state index contributed by atoms with van der Waals surface area (Å²) in [6.45, 7) is 0.456. The quantitative estimate of drug-likeness (QED) is 0.206. The second-order valence-electron chi connectivity index (χ2n) is 13.1. The van der Waals surface area contributed by atoms with Crippen LogP contribution in [0.15, 0.2) is 145 Å². The van der Waals surface area contributed by atoms with Crippen LogP contribution in [0, 0.1) is 0 Å². The summed E-state index contributed by atoms with van der Waals surface area (Å²) in [6, 6.07) is 48.1. The highest BCUT2D eigenvalue weighted by atomic mass is 15.2. The smallest absolute Gasteiger partial charge is 0.248 e. The predicted molar refractivity (Wildman–Crippen MR) is 192 cm³/mol. The minimum atomic E-state index is 0.200. The number of hydrogen-bond acceptors (Lipinski definition) is 1. The van der Waals surface area contributed by atoms with E-state index in [9.17, 15) is 0 Å². The van der Waals surface area contributed by atoms with Gasteiger partial charge >= 0.3 is 0 Å². The summed E-state index contributed by atoms with van der Waals surface area (Å²) in [5, 5.41) is 0. The van der Waals surface area contributed by atoms with Gasteiger partial charge in [0.25, 0.3) is 0 Å². The van der Waals surface area contributed by atoms with E-state index >= 15 is 0 Å². The van der Waals surface area contributed by atoms with Crippen LogP contribution in [-0.4, -0.2) is 13.4 Å². The van der Waals surface area contributed by atoms with E-state index in [1.54, 1.807) is 5.57 Å². The maximum absolute atomic E-state index is 2.66. The third-order valence-corrected chi connectivity index (χ3v) is 10.9. The summed E-state index contributed by atoms with van der Waals surface area (Å²) in [7, 11) is 0. The third-order valence-electron chi connectivity index (χ3n) is 10.9. The molecule has 6 aromatic carbocycles. The van der Waals surface area contributed by atoms with Gasteiger partial charge in [-0.25, -0.2) is 0 Å². The highest BCUT2D eigenvalue weighted by Gasteiger charge is 2.50. The Morgan fingerprint density at radius 1 is 0.489 bits per heavy atom. The van der Waals surface area contributed by atoms with Gasteiger partial charge in [-0.3, -0.25) is 0 Å². The Morgan fingerprint density at radius 3 is 1.96 bits per heavy atom. The number of allylic oxidation sites excluding steroid dienone is 4. The standard InChI is InChI=1S/C42H27B2N/c1-3-12-26(13-4-1)28-22-33-31-17-8-10-20-35(31)44-37-24-29(27-14-5-2-6-15-27)23-36-42(37)45(39(25-28)41(33)44)38-21-11-18-32-30-16-7-9-19-34(30)43(36)40(32)38/h1-6,8-15,17-25H,7,16H2. The molecule has 0 unspecified atom stereocenters. The number of rotatable bonds is 2. The Kier molecular flexibility index (Phi) is 4.64. The van der Waals surface area contributed by atoms with Gasteiger partial charge in [-0.1, -0.05) is 132 Å². The summed E-state index contributed by atoms with van der Waals surface area (Å²) < 4.78 is 0. The van der Waals surface area contributed by atoms with Crippen LogP contribution in [0.5, 0.6) is 0 Å². The second-order valence-corrected chi connectivity index (χ2v) is 13.1. The lowest BCUT2D eigenvalue weighted by Crippen LogP contribution is -2.61. The van der Waals surface area contributed by atoms with Crippen LogP contribution >= 0.6 is 0 Å². The minimum absolute atomic E-state index is 0.200. The lowest BCUT2D eigenvalue weighted by Gasteiger charge is -2.43. The highest BCUT2D eigenvalue weighted by Crippen LogP contribution is 2.48. The average Bonchev–Trinajstić information content (AvgIpc) is 3.63. The fourth-order valence-corrected chi connectivity index (χ4v) is 9.20. The lowest BCUT2D eigenvalue weighted by molar-refractivity contribution is 1.05. The van der Waals surface area contributed by atoms with E-state index < -0.39 is 0 Å². The largest absolute Gasteiger partial charge is 0.312 e. The molecule has 1 nitrogen and oxygen atoms in total. The molecule has 0 bridgehead atoms. The fourth-order valence-electron chi connectivity index (χ4n) is 9.20. The van der Waals surface area contributed by atoms with Crippen molar-refractivity contribution in [2.24, 2.45) is 0 Å². The first-order chi connectivity index (χ1) is 22.3. The van der Waals surface area contributed by atoms with Crippen LogP contribution in [0.25, 0.3) is 39.0 Å². The molecule has 0 fully saturated rings. The van der Waals surface area contributed by atoms with Gasteiger partial charge in [0.1, 0.15) is 0 Å². The molecular weight excluding hydrogens is 540 g/mol.